The van der Waals surface area contributed by atoms with E-state index in [9.17, 15) is 14.4 Å². The van der Waals surface area contributed by atoms with Crippen LogP contribution >= 0.6 is 0 Å². The van der Waals surface area contributed by atoms with E-state index >= 15 is 0 Å². The average Bonchev–Trinajstić information content (AvgIpc) is 3.27. The summed E-state index contributed by atoms with van der Waals surface area (Å²) in [4.78, 5) is 46.1. The van der Waals surface area contributed by atoms with Gasteiger partial charge in [-0.15, -0.1) is 0 Å². The topological polar surface area (TPSA) is 122 Å². The molecular formula is C26H29N5O4. The third-order valence-electron chi connectivity index (χ3n) is 6.98. The largest absolute Gasteiger partial charge is 0.430 e. The molecule has 9 nitrogen and oxygen atoms in total. The zero-order chi connectivity index (χ0) is 24.4. The summed E-state index contributed by atoms with van der Waals surface area (Å²) in [6, 6.07) is 13.3. The molecule has 2 aliphatic rings. The van der Waals surface area contributed by atoms with E-state index in [-0.39, 0.29) is 29.0 Å². The molecule has 0 spiro atoms. The van der Waals surface area contributed by atoms with E-state index in [2.05, 4.69) is 22.4 Å². The predicted octanol–water partition coefficient (Wildman–Crippen LogP) is 3.58. The second kappa shape index (κ2) is 9.77. The molecule has 182 valence electrons. The number of pyridine rings is 1. The Balaban J connectivity index is 1.27. The lowest BCUT2D eigenvalue weighted by Gasteiger charge is -2.38. The molecule has 0 radical (unpaired) electrons. The van der Waals surface area contributed by atoms with Crippen molar-refractivity contribution in [2.75, 3.05) is 31.5 Å². The first-order valence-corrected chi connectivity index (χ1v) is 12.1. The Kier molecular flexibility index (Phi) is 6.39. The van der Waals surface area contributed by atoms with Crippen molar-refractivity contribution in [3.63, 3.8) is 0 Å². The number of fused-ring (bicyclic) bond motifs is 1. The molecule has 0 aliphatic carbocycles. The van der Waals surface area contributed by atoms with Crippen LogP contribution in [0.5, 0.6) is 0 Å². The molecule has 1 aromatic carbocycles. The monoisotopic (exact) mass is 475 g/mol. The van der Waals surface area contributed by atoms with Crippen molar-refractivity contribution in [3.05, 3.63) is 60.0 Å². The smallest absolute Gasteiger partial charge is 0.321 e. The van der Waals surface area contributed by atoms with Gasteiger partial charge in [-0.05, 0) is 43.4 Å². The van der Waals surface area contributed by atoms with Gasteiger partial charge in [-0.25, -0.2) is 9.78 Å². The lowest BCUT2D eigenvalue weighted by molar-refractivity contribution is -0.138. The number of nitrogens with one attached hydrogen (secondary N) is 1. The Labute approximate surface area is 203 Å². The fourth-order valence-electron chi connectivity index (χ4n) is 5.21. The molecule has 2 aliphatic heterocycles. The third kappa shape index (κ3) is 4.71. The number of carbonyl (C=O) groups is 3. The predicted molar refractivity (Wildman–Crippen MR) is 131 cm³/mol. The number of aromatic nitrogens is 1. The highest BCUT2D eigenvalue weighted by Crippen LogP contribution is 2.31. The number of hydrogen-bond donors (Lipinski definition) is 2. The highest BCUT2D eigenvalue weighted by molar-refractivity contribution is 6.09. The Morgan fingerprint density at radius 3 is 2.54 bits per heavy atom. The SMILES string of the molecule is NC(=O)c1oc2ncccc2c1NC(=O)N1CCCC(C(=O)N2CCCC(c3ccccc3)C2)C1. The fraction of sp³-hybridized carbons (Fsp3) is 0.385. The van der Waals surface area contributed by atoms with Gasteiger partial charge in [0.2, 0.25) is 17.4 Å². The number of rotatable bonds is 4. The number of furan rings is 1. The van der Waals surface area contributed by atoms with Gasteiger partial charge in [-0.3, -0.25) is 9.59 Å². The van der Waals surface area contributed by atoms with Gasteiger partial charge in [-0.2, -0.15) is 0 Å². The van der Waals surface area contributed by atoms with E-state index in [4.69, 9.17) is 10.2 Å². The van der Waals surface area contributed by atoms with Gasteiger partial charge in [-0.1, -0.05) is 30.3 Å². The van der Waals surface area contributed by atoms with Crippen LogP contribution in [-0.2, 0) is 4.79 Å². The van der Waals surface area contributed by atoms with Crippen molar-refractivity contribution >= 4 is 34.6 Å². The summed E-state index contributed by atoms with van der Waals surface area (Å²) in [5.74, 6) is -0.728. The Bertz CT molecular complexity index is 1240. The molecule has 4 heterocycles. The first-order valence-electron chi connectivity index (χ1n) is 12.1. The summed E-state index contributed by atoms with van der Waals surface area (Å²) in [5.41, 5.74) is 7.15. The quantitative estimate of drug-likeness (QED) is 0.597. The summed E-state index contributed by atoms with van der Waals surface area (Å²) in [6.45, 7) is 2.32. The summed E-state index contributed by atoms with van der Waals surface area (Å²) < 4.78 is 5.45. The van der Waals surface area contributed by atoms with Crippen LogP contribution in [0.2, 0.25) is 0 Å². The molecular weight excluding hydrogens is 446 g/mol. The van der Waals surface area contributed by atoms with Gasteiger partial charge >= 0.3 is 6.03 Å². The van der Waals surface area contributed by atoms with Crippen LogP contribution in [0.3, 0.4) is 0 Å². The molecule has 0 bridgehead atoms. The molecule has 3 aromatic rings. The first kappa shape index (κ1) is 22.9. The van der Waals surface area contributed by atoms with Crippen LogP contribution in [0.4, 0.5) is 10.5 Å². The minimum atomic E-state index is -0.789. The molecule has 2 fully saturated rings. The zero-order valence-corrected chi connectivity index (χ0v) is 19.5. The van der Waals surface area contributed by atoms with E-state index in [1.807, 2.05) is 23.1 Å². The number of hydrogen-bond acceptors (Lipinski definition) is 5. The maximum absolute atomic E-state index is 13.4. The number of piperidine rings is 2. The van der Waals surface area contributed by atoms with E-state index in [0.717, 1.165) is 32.2 Å². The van der Waals surface area contributed by atoms with Crippen molar-refractivity contribution in [2.45, 2.75) is 31.6 Å². The second-order valence-electron chi connectivity index (χ2n) is 9.28. The maximum Gasteiger partial charge on any atom is 0.321 e. The van der Waals surface area contributed by atoms with Gasteiger partial charge in [0.05, 0.1) is 11.3 Å². The normalized spacial score (nSPS) is 20.6. The number of carbonyl (C=O) groups excluding carboxylic acids is 3. The van der Waals surface area contributed by atoms with E-state index in [0.29, 0.717) is 30.9 Å². The molecule has 9 heteroatoms. The van der Waals surface area contributed by atoms with Gasteiger partial charge in [0.15, 0.2) is 0 Å². The van der Waals surface area contributed by atoms with Crippen LogP contribution < -0.4 is 11.1 Å². The van der Waals surface area contributed by atoms with Gasteiger partial charge in [0.25, 0.3) is 5.91 Å². The first-order chi connectivity index (χ1) is 17.0. The number of primary amides is 1. The summed E-state index contributed by atoms with van der Waals surface area (Å²) in [5, 5.41) is 3.28. The fourth-order valence-corrected chi connectivity index (χ4v) is 5.21. The number of benzene rings is 1. The van der Waals surface area contributed by atoms with Gasteiger partial charge in [0.1, 0.15) is 5.69 Å². The number of nitrogens with two attached hydrogens (primary N) is 1. The Hall–Kier alpha value is -3.88. The molecule has 2 saturated heterocycles. The van der Waals surface area contributed by atoms with Crippen molar-refractivity contribution in [3.8, 4) is 0 Å². The summed E-state index contributed by atoms with van der Waals surface area (Å²) in [7, 11) is 0. The van der Waals surface area contributed by atoms with E-state index in [1.165, 1.54) is 11.8 Å². The standard InChI is InChI=1S/C26H29N5O4/c27-23(32)22-21(20-11-4-12-28-24(20)35-22)29-26(34)31-14-6-10-19(16-31)25(33)30-13-5-9-18(15-30)17-7-2-1-3-8-17/h1-4,7-8,11-12,18-19H,5-6,9-10,13-16H2,(H2,27,32)(H,29,34). The average molecular weight is 476 g/mol. The molecule has 3 N–H and O–H groups in total. The maximum atomic E-state index is 13.4. The molecule has 2 aromatic heterocycles. The van der Waals surface area contributed by atoms with Gasteiger partial charge < -0.3 is 25.3 Å². The number of urea groups is 1. The third-order valence-corrected chi connectivity index (χ3v) is 6.98. The van der Waals surface area contributed by atoms with Crippen LogP contribution in [-0.4, -0.2) is 58.8 Å². The Morgan fingerprint density at radius 1 is 0.971 bits per heavy atom. The highest BCUT2D eigenvalue weighted by atomic mass is 16.4. The second-order valence-corrected chi connectivity index (χ2v) is 9.28. The molecule has 0 saturated carbocycles. The van der Waals surface area contributed by atoms with E-state index < -0.39 is 11.9 Å². The lowest BCUT2D eigenvalue weighted by atomic mass is 9.89. The summed E-state index contributed by atoms with van der Waals surface area (Å²) in [6.07, 6.45) is 5.06. The van der Waals surface area contributed by atoms with Crippen molar-refractivity contribution in [1.82, 2.24) is 14.8 Å². The Morgan fingerprint density at radius 2 is 1.74 bits per heavy atom. The molecule has 5 rings (SSSR count). The number of likely N-dealkylation sites (tertiary alicyclic amines) is 2. The zero-order valence-electron chi connectivity index (χ0n) is 19.5. The molecule has 2 unspecified atom stereocenters. The molecule has 2 atom stereocenters. The number of anilines is 1. The van der Waals surface area contributed by atoms with Crippen molar-refractivity contribution < 1.29 is 18.8 Å². The minimum Gasteiger partial charge on any atom is -0.430 e. The van der Waals surface area contributed by atoms with Crippen molar-refractivity contribution in [2.24, 2.45) is 11.7 Å². The van der Waals surface area contributed by atoms with Crippen molar-refractivity contribution in [1.29, 1.82) is 0 Å². The summed E-state index contributed by atoms with van der Waals surface area (Å²) >= 11 is 0. The molecule has 35 heavy (non-hydrogen) atoms. The van der Waals surface area contributed by atoms with Crippen LogP contribution in [0.15, 0.2) is 53.1 Å². The number of nitrogens with zero attached hydrogens (tertiary/aromatic N) is 3. The number of amides is 4. The van der Waals surface area contributed by atoms with Crippen LogP contribution in [0.25, 0.3) is 11.1 Å². The van der Waals surface area contributed by atoms with E-state index in [1.54, 1.807) is 17.0 Å². The van der Waals surface area contributed by atoms with Gasteiger partial charge in [0, 0.05) is 38.3 Å². The van der Waals surface area contributed by atoms with Crippen LogP contribution in [0.1, 0.15) is 47.7 Å². The van der Waals surface area contributed by atoms with Crippen LogP contribution in [0, 0.1) is 5.92 Å². The highest BCUT2D eigenvalue weighted by Gasteiger charge is 2.34. The molecule has 4 amide bonds. The minimum absolute atomic E-state index is 0.110. The lowest BCUT2D eigenvalue weighted by Crippen LogP contribution is -2.49.